The summed E-state index contributed by atoms with van der Waals surface area (Å²) in [6.45, 7) is 8.81. The maximum atomic E-state index is 12.3. The quantitative estimate of drug-likeness (QED) is 0.843. The van der Waals surface area contributed by atoms with E-state index < -0.39 is 0 Å². The first-order valence-electron chi connectivity index (χ1n) is 9.27. The highest BCUT2D eigenvalue weighted by atomic mass is 16.2. The number of hydrogen-bond acceptors (Lipinski definition) is 3. The number of likely N-dealkylation sites (tertiary alicyclic amines) is 1. The van der Waals surface area contributed by atoms with E-state index in [2.05, 4.69) is 53.4 Å². The molecule has 1 amide bonds. The van der Waals surface area contributed by atoms with E-state index in [1.807, 2.05) is 0 Å². The Bertz CT molecular complexity index is 709. The predicted molar refractivity (Wildman–Crippen MR) is 99.8 cm³/mol. The fourth-order valence-corrected chi connectivity index (χ4v) is 3.67. The zero-order valence-electron chi connectivity index (χ0n) is 15.2. The second-order valence-electron chi connectivity index (χ2n) is 6.84. The zero-order valence-corrected chi connectivity index (χ0v) is 15.2. The lowest BCUT2D eigenvalue weighted by Gasteiger charge is -2.17. The van der Waals surface area contributed by atoms with Gasteiger partial charge in [0.05, 0.1) is 0 Å². The summed E-state index contributed by atoms with van der Waals surface area (Å²) in [6.07, 6.45) is 3.86. The number of aromatic nitrogens is 2. The van der Waals surface area contributed by atoms with Gasteiger partial charge in [0.25, 0.3) is 5.91 Å². The molecule has 1 aliphatic heterocycles. The number of carbonyl (C=O) groups excluding carboxylic acids is 1. The Kier molecular flexibility index (Phi) is 5.87. The summed E-state index contributed by atoms with van der Waals surface area (Å²) in [6, 6.07) is 10.5. The molecule has 0 saturated carbocycles. The smallest absolute Gasteiger partial charge is 0.269 e. The van der Waals surface area contributed by atoms with Crippen molar-refractivity contribution < 1.29 is 4.79 Å². The summed E-state index contributed by atoms with van der Waals surface area (Å²) in [5.74, 6) is 0.587. The number of aryl methyl sites for hydroxylation is 2. The van der Waals surface area contributed by atoms with Crippen molar-refractivity contribution in [2.75, 3.05) is 26.2 Å². The molecule has 1 saturated heterocycles. The third-order valence-corrected chi connectivity index (χ3v) is 5.00. The average molecular weight is 340 g/mol. The molecule has 3 rings (SSSR count). The second-order valence-corrected chi connectivity index (χ2v) is 6.84. The third-order valence-electron chi connectivity index (χ3n) is 5.00. The molecule has 25 heavy (non-hydrogen) atoms. The largest absolute Gasteiger partial charge is 0.349 e. The highest BCUT2D eigenvalue weighted by Crippen LogP contribution is 2.28. The molecule has 1 aromatic heterocycles. The van der Waals surface area contributed by atoms with E-state index in [4.69, 9.17) is 0 Å². The van der Waals surface area contributed by atoms with Gasteiger partial charge in [-0.15, -0.1) is 0 Å². The summed E-state index contributed by atoms with van der Waals surface area (Å²) in [4.78, 5) is 14.8. The molecule has 0 spiro atoms. The van der Waals surface area contributed by atoms with Gasteiger partial charge >= 0.3 is 0 Å². The van der Waals surface area contributed by atoms with Gasteiger partial charge in [0.1, 0.15) is 5.69 Å². The van der Waals surface area contributed by atoms with E-state index in [0.717, 1.165) is 32.6 Å². The molecule has 0 bridgehead atoms. The van der Waals surface area contributed by atoms with Gasteiger partial charge < -0.3 is 10.2 Å². The van der Waals surface area contributed by atoms with Crippen molar-refractivity contribution in [1.29, 1.82) is 0 Å². The van der Waals surface area contributed by atoms with Crippen molar-refractivity contribution in [3.63, 3.8) is 0 Å². The number of hydrogen-bond donors (Lipinski definition) is 1. The maximum absolute atomic E-state index is 12.3. The number of nitrogens with zero attached hydrogens (tertiary/aromatic N) is 3. The Hall–Kier alpha value is -2.14. The van der Waals surface area contributed by atoms with Crippen LogP contribution >= 0.6 is 0 Å². The lowest BCUT2D eigenvalue weighted by Crippen LogP contribution is -2.34. The van der Waals surface area contributed by atoms with Crippen LogP contribution in [0, 0.1) is 6.92 Å². The van der Waals surface area contributed by atoms with Gasteiger partial charge in [-0.25, -0.2) is 0 Å². The number of amides is 1. The first-order valence-corrected chi connectivity index (χ1v) is 9.27. The number of nitrogens with one attached hydrogen (secondary N) is 1. The van der Waals surface area contributed by atoms with Crippen LogP contribution < -0.4 is 5.32 Å². The molecule has 0 radical (unpaired) electrons. The molecule has 2 aromatic rings. The Labute approximate surface area is 150 Å². The maximum Gasteiger partial charge on any atom is 0.269 e. The number of benzene rings is 1. The van der Waals surface area contributed by atoms with Gasteiger partial charge in [-0.1, -0.05) is 31.2 Å². The Morgan fingerprint density at radius 3 is 2.92 bits per heavy atom. The van der Waals surface area contributed by atoms with Gasteiger partial charge in [0.2, 0.25) is 0 Å². The Morgan fingerprint density at radius 1 is 1.28 bits per heavy atom. The van der Waals surface area contributed by atoms with Crippen molar-refractivity contribution in [1.82, 2.24) is 20.0 Å². The molecule has 2 heterocycles. The van der Waals surface area contributed by atoms with E-state index in [0.29, 0.717) is 18.2 Å². The summed E-state index contributed by atoms with van der Waals surface area (Å²) >= 11 is 0. The van der Waals surface area contributed by atoms with Gasteiger partial charge in [0, 0.05) is 32.4 Å². The van der Waals surface area contributed by atoms with Crippen LogP contribution in [0.4, 0.5) is 0 Å². The van der Waals surface area contributed by atoms with Crippen LogP contribution in [0.3, 0.4) is 0 Å². The van der Waals surface area contributed by atoms with Crippen molar-refractivity contribution in [3.8, 4) is 0 Å². The number of carbonyl (C=O) groups is 1. The lowest BCUT2D eigenvalue weighted by atomic mass is 9.94. The van der Waals surface area contributed by atoms with Crippen LogP contribution in [0.1, 0.15) is 47.3 Å². The molecule has 1 aliphatic rings. The van der Waals surface area contributed by atoms with Crippen LogP contribution in [0.5, 0.6) is 0 Å². The summed E-state index contributed by atoms with van der Waals surface area (Å²) in [7, 11) is 0. The van der Waals surface area contributed by atoms with Crippen molar-refractivity contribution >= 4 is 5.91 Å². The normalized spacial score (nSPS) is 17.8. The number of rotatable bonds is 7. The van der Waals surface area contributed by atoms with E-state index in [9.17, 15) is 4.79 Å². The van der Waals surface area contributed by atoms with Crippen LogP contribution in [0.2, 0.25) is 0 Å². The average Bonchev–Trinajstić information content (AvgIpc) is 3.25. The molecule has 5 heteroatoms. The second kappa shape index (κ2) is 8.30. The van der Waals surface area contributed by atoms with E-state index in [1.54, 1.807) is 16.9 Å². The van der Waals surface area contributed by atoms with Gasteiger partial charge in [-0.2, -0.15) is 5.10 Å². The van der Waals surface area contributed by atoms with Gasteiger partial charge in [-0.3, -0.25) is 9.48 Å². The van der Waals surface area contributed by atoms with Crippen molar-refractivity contribution in [2.45, 2.75) is 39.2 Å². The molecule has 1 aromatic carbocycles. The summed E-state index contributed by atoms with van der Waals surface area (Å²) in [5.41, 5.74) is 3.51. The fourth-order valence-electron chi connectivity index (χ4n) is 3.67. The molecule has 1 fully saturated rings. The molecule has 1 N–H and O–H groups in total. The van der Waals surface area contributed by atoms with E-state index >= 15 is 0 Å². The van der Waals surface area contributed by atoms with E-state index in [-0.39, 0.29) is 5.91 Å². The molecule has 134 valence electrons. The SMILES string of the molecule is CCCn1nccc1C(=O)NCCN1CC[C@@H](c2ccccc2C)C1. The van der Waals surface area contributed by atoms with Crippen LogP contribution in [-0.4, -0.2) is 46.8 Å². The Balaban J connectivity index is 1.46. The minimum Gasteiger partial charge on any atom is -0.349 e. The minimum absolute atomic E-state index is 0.0272. The predicted octanol–water partition coefficient (Wildman–Crippen LogP) is 2.82. The summed E-state index contributed by atoms with van der Waals surface area (Å²) in [5, 5.41) is 7.25. The van der Waals surface area contributed by atoms with E-state index in [1.165, 1.54) is 17.5 Å². The zero-order chi connectivity index (χ0) is 17.6. The highest BCUT2D eigenvalue weighted by molar-refractivity contribution is 5.92. The summed E-state index contributed by atoms with van der Waals surface area (Å²) < 4.78 is 1.78. The molecule has 1 atom stereocenters. The Morgan fingerprint density at radius 2 is 2.12 bits per heavy atom. The fraction of sp³-hybridized carbons (Fsp3) is 0.500. The molecular formula is C20H28N4O. The van der Waals surface area contributed by atoms with Crippen LogP contribution in [0.25, 0.3) is 0 Å². The molecule has 5 nitrogen and oxygen atoms in total. The highest BCUT2D eigenvalue weighted by Gasteiger charge is 2.24. The van der Waals surface area contributed by atoms with Crippen LogP contribution in [-0.2, 0) is 6.54 Å². The first-order chi connectivity index (χ1) is 12.2. The van der Waals surface area contributed by atoms with Gasteiger partial charge in [0.15, 0.2) is 0 Å². The van der Waals surface area contributed by atoms with Crippen molar-refractivity contribution in [2.24, 2.45) is 0 Å². The standard InChI is InChI=1S/C20H28N4O/c1-3-12-24-19(8-10-22-24)20(25)21-11-14-23-13-9-17(15-23)18-7-5-4-6-16(18)2/h4-8,10,17H,3,9,11-15H2,1-2H3,(H,21,25)/t17-/m1/s1. The first kappa shape index (κ1) is 17.7. The lowest BCUT2D eigenvalue weighted by molar-refractivity contribution is 0.0938. The van der Waals surface area contributed by atoms with Gasteiger partial charge in [-0.05, 0) is 49.4 Å². The molecule has 0 aliphatic carbocycles. The minimum atomic E-state index is -0.0272. The van der Waals surface area contributed by atoms with Crippen molar-refractivity contribution in [3.05, 3.63) is 53.3 Å². The van der Waals surface area contributed by atoms with Crippen LogP contribution in [0.15, 0.2) is 36.5 Å². The molecule has 0 unspecified atom stereocenters. The monoisotopic (exact) mass is 340 g/mol. The third kappa shape index (κ3) is 4.28. The molecular weight excluding hydrogens is 312 g/mol. The topological polar surface area (TPSA) is 50.2 Å².